The van der Waals surface area contributed by atoms with Gasteiger partial charge in [-0.2, -0.15) is 0 Å². The summed E-state index contributed by atoms with van der Waals surface area (Å²) in [6, 6.07) is 4.12. The normalized spacial score (nSPS) is 28.4. The summed E-state index contributed by atoms with van der Waals surface area (Å²) >= 11 is 0. The van der Waals surface area contributed by atoms with Gasteiger partial charge in [0.1, 0.15) is 10.1 Å². The van der Waals surface area contributed by atoms with Gasteiger partial charge in [-0.25, -0.2) is 0 Å². The van der Waals surface area contributed by atoms with Crippen molar-refractivity contribution in [2.24, 2.45) is 0 Å². The van der Waals surface area contributed by atoms with Crippen LogP contribution in [0.15, 0.2) is 29.2 Å². The van der Waals surface area contributed by atoms with E-state index in [9.17, 15) is 19.4 Å². The van der Waals surface area contributed by atoms with Gasteiger partial charge in [0.2, 0.25) is 0 Å². The second-order valence-electron chi connectivity index (χ2n) is 6.99. The van der Waals surface area contributed by atoms with E-state index in [1.54, 1.807) is 0 Å². The highest BCUT2D eigenvalue weighted by atomic mass is 32.5. The van der Waals surface area contributed by atoms with E-state index in [4.69, 9.17) is 13.6 Å². The molecule has 10 heteroatoms. The Kier molecular flexibility index (Phi) is 5.60. The summed E-state index contributed by atoms with van der Waals surface area (Å²) < 4.78 is 84.2. The van der Waals surface area contributed by atoms with Crippen LogP contribution in [0.1, 0.15) is 44.1 Å². The number of methoxy groups -OCH3 is 1. The average Bonchev–Trinajstić information content (AvgIpc) is 2.60. The molecule has 3 nitrogen and oxygen atoms in total. The summed E-state index contributed by atoms with van der Waals surface area (Å²) in [5, 5.41) is -0.958. The molecule has 1 heterocycles. The van der Waals surface area contributed by atoms with Gasteiger partial charge in [-0.15, -0.1) is 0 Å². The Balaban J connectivity index is 2.66. The molecule has 0 radical (unpaired) electrons. The first kappa shape index (κ1) is 22.6. The van der Waals surface area contributed by atoms with Crippen LogP contribution in [-0.4, -0.2) is 35.1 Å². The second-order valence-corrected chi connectivity index (χ2v) is 13.1. The van der Waals surface area contributed by atoms with E-state index >= 15 is 0 Å². The van der Waals surface area contributed by atoms with E-state index in [2.05, 4.69) is 0 Å². The highest BCUT2D eigenvalue weighted by Gasteiger charge is 2.66. The molecule has 0 bridgehead atoms. The standard InChI is InChI=1S/C17H27F5O3SSi/c1-5-11-17(23-2)16(10-7-12-27(17,24-3)25-4)14-8-6-9-15(13-14)26(18,19,20,21)22/h6,8-9,13,16H,5,7,10-12H2,1-4H3. The predicted molar refractivity (Wildman–Crippen MR) is 99.0 cm³/mol. The first-order valence-electron chi connectivity index (χ1n) is 8.78. The van der Waals surface area contributed by atoms with Gasteiger partial charge in [-0.3, -0.25) is 0 Å². The maximum absolute atomic E-state index is 13.3. The van der Waals surface area contributed by atoms with Crippen molar-refractivity contribution in [3.05, 3.63) is 29.8 Å². The minimum absolute atomic E-state index is 0.182. The topological polar surface area (TPSA) is 27.7 Å². The summed E-state index contributed by atoms with van der Waals surface area (Å²) in [7, 11) is -8.20. The van der Waals surface area contributed by atoms with Gasteiger partial charge in [0.25, 0.3) is 0 Å². The lowest BCUT2D eigenvalue weighted by atomic mass is 9.85. The molecular formula is C17H27F5O3SSi. The maximum Gasteiger partial charge on any atom is 0.371 e. The molecule has 1 fully saturated rings. The Morgan fingerprint density at radius 2 is 1.74 bits per heavy atom. The Morgan fingerprint density at radius 1 is 1.11 bits per heavy atom. The molecule has 158 valence electrons. The molecule has 1 aliphatic heterocycles. The van der Waals surface area contributed by atoms with Crippen molar-refractivity contribution in [1.82, 2.24) is 0 Å². The van der Waals surface area contributed by atoms with Crippen LogP contribution in [0.5, 0.6) is 0 Å². The van der Waals surface area contributed by atoms with Crippen molar-refractivity contribution < 1.29 is 33.0 Å². The van der Waals surface area contributed by atoms with Gasteiger partial charge in [0, 0.05) is 27.2 Å². The molecule has 0 amide bonds. The fraction of sp³-hybridized carbons (Fsp3) is 0.647. The van der Waals surface area contributed by atoms with E-state index in [-0.39, 0.29) is 5.56 Å². The van der Waals surface area contributed by atoms with Crippen LogP contribution >= 0.6 is 10.2 Å². The molecule has 0 spiro atoms. The van der Waals surface area contributed by atoms with E-state index in [1.165, 1.54) is 27.4 Å². The average molecular weight is 435 g/mol. The molecule has 1 aromatic carbocycles. The Bertz CT molecular complexity index is 681. The molecule has 1 aliphatic rings. The highest BCUT2D eigenvalue weighted by Crippen LogP contribution is 3.02. The van der Waals surface area contributed by atoms with Crippen LogP contribution in [0.25, 0.3) is 0 Å². The number of benzene rings is 1. The second kappa shape index (κ2) is 6.69. The Hall–Kier alpha value is -0.683. The largest absolute Gasteiger partial charge is 0.396 e. The molecule has 0 N–H and O–H groups in total. The quantitative estimate of drug-likeness (QED) is 0.354. The SMILES string of the molecule is CCCC1(OC)C(c2cccc(S(F)(F)(F)(F)F)c2)CCC[Si]1(OC)OC. The zero-order valence-corrected chi connectivity index (χ0v) is 17.8. The third-order valence-electron chi connectivity index (χ3n) is 5.56. The van der Waals surface area contributed by atoms with Crippen molar-refractivity contribution in [3.63, 3.8) is 0 Å². The molecular weight excluding hydrogens is 407 g/mol. The summed E-state index contributed by atoms with van der Waals surface area (Å²) in [6.07, 6.45) is 2.36. The predicted octanol–water partition coefficient (Wildman–Crippen LogP) is 6.68. The molecule has 2 rings (SSSR count). The summed E-state index contributed by atoms with van der Waals surface area (Å²) in [5.74, 6) is -0.525. The molecule has 1 saturated heterocycles. The van der Waals surface area contributed by atoms with E-state index in [1.807, 2.05) is 6.92 Å². The monoisotopic (exact) mass is 434 g/mol. The van der Waals surface area contributed by atoms with E-state index in [0.717, 1.165) is 6.07 Å². The van der Waals surface area contributed by atoms with Gasteiger partial charge in [0.15, 0.2) is 0 Å². The molecule has 27 heavy (non-hydrogen) atoms. The number of hydrogen-bond donors (Lipinski definition) is 0. The summed E-state index contributed by atoms with van der Waals surface area (Å²) in [6.45, 7) is 1.93. The van der Waals surface area contributed by atoms with Crippen LogP contribution in [0.4, 0.5) is 19.4 Å². The molecule has 0 saturated carbocycles. The zero-order chi connectivity index (χ0) is 20.6. The Morgan fingerprint density at radius 3 is 2.22 bits per heavy atom. The number of ether oxygens (including phenoxy) is 1. The van der Waals surface area contributed by atoms with Crippen molar-refractivity contribution >= 4 is 18.8 Å². The smallest absolute Gasteiger partial charge is 0.371 e. The van der Waals surface area contributed by atoms with Crippen molar-refractivity contribution in [1.29, 1.82) is 0 Å². The molecule has 0 aromatic heterocycles. The minimum Gasteiger partial charge on any atom is -0.396 e. The molecule has 0 aliphatic carbocycles. The highest BCUT2D eigenvalue weighted by molar-refractivity contribution is 8.45. The van der Waals surface area contributed by atoms with Crippen LogP contribution in [-0.2, 0) is 13.6 Å². The van der Waals surface area contributed by atoms with Gasteiger partial charge in [-0.05, 0) is 36.6 Å². The lowest BCUT2D eigenvalue weighted by Crippen LogP contribution is -2.67. The number of hydrogen-bond acceptors (Lipinski definition) is 3. The Labute approximate surface area is 158 Å². The number of rotatable bonds is 7. The lowest BCUT2D eigenvalue weighted by molar-refractivity contribution is -0.0303. The molecule has 1 aromatic rings. The summed E-state index contributed by atoms with van der Waals surface area (Å²) in [5.41, 5.74) is 0.182. The van der Waals surface area contributed by atoms with Crippen molar-refractivity contribution in [3.8, 4) is 0 Å². The lowest BCUT2D eigenvalue weighted by Gasteiger charge is -2.52. The fourth-order valence-electron chi connectivity index (χ4n) is 4.43. The van der Waals surface area contributed by atoms with Crippen LogP contribution in [0.2, 0.25) is 6.04 Å². The first-order valence-corrected chi connectivity index (χ1v) is 12.8. The van der Waals surface area contributed by atoms with Crippen molar-refractivity contribution in [2.75, 3.05) is 21.3 Å². The third kappa shape index (κ3) is 4.05. The van der Waals surface area contributed by atoms with Gasteiger partial charge in [0.05, 0.1) is 0 Å². The first-order chi connectivity index (χ1) is 12.3. The van der Waals surface area contributed by atoms with Crippen LogP contribution in [0, 0.1) is 0 Å². The maximum atomic E-state index is 13.3. The van der Waals surface area contributed by atoms with Gasteiger partial charge < -0.3 is 13.6 Å². The van der Waals surface area contributed by atoms with E-state index in [0.29, 0.717) is 43.9 Å². The molecule has 2 atom stereocenters. The summed E-state index contributed by atoms with van der Waals surface area (Å²) in [4.78, 5) is -1.87. The van der Waals surface area contributed by atoms with Gasteiger partial charge >= 0.3 is 18.8 Å². The van der Waals surface area contributed by atoms with Crippen LogP contribution < -0.4 is 0 Å². The minimum atomic E-state index is -9.77. The molecule has 2 unspecified atom stereocenters. The van der Waals surface area contributed by atoms with E-state index < -0.39 is 34.8 Å². The third-order valence-corrected chi connectivity index (χ3v) is 11.1. The zero-order valence-electron chi connectivity index (χ0n) is 15.9. The van der Waals surface area contributed by atoms with Gasteiger partial charge in [-0.1, -0.05) is 51.3 Å². The van der Waals surface area contributed by atoms with Crippen LogP contribution in [0.3, 0.4) is 0 Å². The fourth-order valence-corrected chi connectivity index (χ4v) is 9.26. The van der Waals surface area contributed by atoms with Crippen molar-refractivity contribution in [2.45, 2.75) is 54.7 Å². The number of halogens is 5.